The second-order valence-corrected chi connectivity index (χ2v) is 9.92. The van der Waals surface area contributed by atoms with Gasteiger partial charge in [0, 0.05) is 23.3 Å². The van der Waals surface area contributed by atoms with E-state index < -0.39 is 10.0 Å². The minimum atomic E-state index is -3.50. The molecule has 168 valence electrons. The Morgan fingerprint density at radius 2 is 1.97 bits per heavy atom. The third-order valence-electron chi connectivity index (χ3n) is 5.36. The van der Waals surface area contributed by atoms with Gasteiger partial charge in [-0.3, -0.25) is 9.71 Å². The maximum Gasteiger partial charge on any atom is 0.229 e. The van der Waals surface area contributed by atoms with E-state index in [-0.39, 0.29) is 12.1 Å². The summed E-state index contributed by atoms with van der Waals surface area (Å²) < 4.78 is 31.7. The molecule has 1 aliphatic rings. The number of methoxy groups -OCH3 is 1. The Kier molecular flexibility index (Phi) is 5.83. The average molecular weight is 472 g/mol. The molecule has 0 aliphatic carbocycles. The first kappa shape index (κ1) is 22.1. The van der Waals surface area contributed by atoms with Gasteiger partial charge in [0.05, 0.1) is 36.8 Å². The number of anilines is 2. The van der Waals surface area contributed by atoms with Crippen LogP contribution in [0.15, 0.2) is 48.7 Å². The SMILES string of the molecule is COc1ccc(N2C(=S)N[C@@H](c3ccccn3)[C@H]2c2cc(C)[nH]c2C)cc1NS(C)(=O)=O. The van der Waals surface area contributed by atoms with E-state index in [1.165, 1.54) is 7.11 Å². The minimum Gasteiger partial charge on any atom is -0.495 e. The average Bonchev–Trinajstić information content (AvgIpc) is 3.25. The summed E-state index contributed by atoms with van der Waals surface area (Å²) in [7, 11) is -2.00. The van der Waals surface area contributed by atoms with Gasteiger partial charge in [0.15, 0.2) is 5.11 Å². The number of benzene rings is 1. The van der Waals surface area contributed by atoms with Gasteiger partial charge in [-0.2, -0.15) is 0 Å². The summed E-state index contributed by atoms with van der Waals surface area (Å²) in [5, 5.41) is 3.94. The van der Waals surface area contributed by atoms with Crippen molar-refractivity contribution in [2.24, 2.45) is 0 Å². The number of sulfonamides is 1. The number of ether oxygens (including phenoxy) is 1. The predicted molar refractivity (Wildman–Crippen MR) is 130 cm³/mol. The number of pyridine rings is 1. The molecule has 8 nitrogen and oxygen atoms in total. The fourth-order valence-corrected chi connectivity index (χ4v) is 5.03. The molecule has 0 amide bonds. The summed E-state index contributed by atoms with van der Waals surface area (Å²) in [6.07, 6.45) is 2.86. The van der Waals surface area contributed by atoms with Crippen molar-refractivity contribution >= 4 is 38.7 Å². The third-order valence-corrected chi connectivity index (χ3v) is 6.27. The first-order valence-electron chi connectivity index (χ1n) is 10.0. The van der Waals surface area contributed by atoms with Crippen LogP contribution >= 0.6 is 12.2 Å². The molecule has 0 spiro atoms. The van der Waals surface area contributed by atoms with Gasteiger partial charge in [-0.25, -0.2) is 8.42 Å². The molecular formula is C22H25N5O3S2. The zero-order valence-corrected chi connectivity index (χ0v) is 19.8. The highest BCUT2D eigenvalue weighted by molar-refractivity contribution is 7.92. The van der Waals surface area contributed by atoms with Crippen molar-refractivity contribution in [3.8, 4) is 5.75 Å². The van der Waals surface area contributed by atoms with Crippen molar-refractivity contribution < 1.29 is 13.2 Å². The molecule has 3 heterocycles. The molecule has 0 radical (unpaired) electrons. The van der Waals surface area contributed by atoms with Crippen LogP contribution in [0.5, 0.6) is 5.75 Å². The van der Waals surface area contributed by atoms with Crippen LogP contribution in [0.2, 0.25) is 0 Å². The van der Waals surface area contributed by atoms with Crippen LogP contribution in [0.4, 0.5) is 11.4 Å². The predicted octanol–water partition coefficient (Wildman–Crippen LogP) is 3.58. The molecule has 2 atom stereocenters. The second-order valence-electron chi connectivity index (χ2n) is 7.79. The maximum absolute atomic E-state index is 11.9. The molecule has 10 heteroatoms. The van der Waals surface area contributed by atoms with Crippen molar-refractivity contribution in [3.05, 3.63) is 71.3 Å². The van der Waals surface area contributed by atoms with E-state index in [1.54, 1.807) is 18.3 Å². The van der Waals surface area contributed by atoms with Gasteiger partial charge in [-0.1, -0.05) is 6.07 Å². The highest BCUT2D eigenvalue weighted by atomic mass is 32.2. The lowest BCUT2D eigenvalue weighted by Gasteiger charge is -2.28. The molecule has 0 unspecified atom stereocenters. The van der Waals surface area contributed by atoms with E-state index in [1.807, 2.05) is 43.0 Å². The van der Waals surface area contributed by atoms with Crippen LogP contribution in [-0.2, 0) is 10.0 Å². The molecule has 4 rings (SSSR count). The van der Waals surface area contributed by atoms with Crippen molar-refractivity contribution in [2.75, 3.05) is 23.0 Å². The highest BCUT2D eigenvalue weighted by Crippen LogP contribution is 2.44. The summed E-state index contributed by atoms with van der Waals surface area (Å²) in [5.74, 6) is 0.420. The van der Waals surface area contributed by atoms with Crippen molar-refractivity contribution in [2.45, 2.75) is 25.9 Å². The molecule has 3 aromatic rings. The molecular weight excluding hydrogens is 446 g/mol. The van der Waals surface area contributed by atoms with Crippen molar-refractivity contribution in [1.29, 1.82) is 0 Å². The molecule has 1 aromatic carbocycles. The second kappa shape index (κ2) is 8.44. The number of aromatic nitrogens is 2. The van der Waals surface area contributed by atoms with Crippen LogP contribution in [0.1, 0.15) is 34.7 Å². The standard InChI is InChI=1S/C22H25N5O3S2/c1-13-11-16(14(2)24-13)21-20(17-7-5-6-10-23-17)25-22(31)27(21)15-8-9-19(30-3)18(12-15)26-32(4,28)29/h5-12,20-21,24,26H,1-4H3,(H,25,31)/t20-,21+/m0/s1. The molecule has 0 bridgehead atoms. The van der Waals surface area contributed by atoms with Gasteiger partial charge in [0.2, 0.25) is 10.0 Å². The van der Waals surface area contributed by atoms with Gasteiger partial charge in [0.1, 0.15) is 5.75 Å². The zero-order valence-electron chi connectivity index (χ0n) is 18.2. The Balaban J connectivity index is 1.85. The topological polar surface area (TPSA) is 99.3 Å². The summed E-state index contributed by atoms with van der Waals surface area (Å²) >= 11 is 5.75. The quantitative estimate of drug-likeness (QED) is 0.473. The smallest absolute Gasteiger partial charge is 0.229 e. The van der Waals surface area contributed by atoms with E-state index in [9.17, 15) is 8.42 Å². The molecule has 2 aromatic heterocycles. The van der Waals surface area contributed by atoms with Crippen LogP contribution in [0.25, 0.3) is 0 Å². The Hall–Kier alpha value is -3.11. The summed E-state index contributed by atoms with van der Waals surface area (Å²) in [6, 6.07) is 12.8. The highest BCUT2D eigenvalue weighted by Gasteiger charge is 2.42. The summed E-state index contributed by atoms with van der Waals surface area (Å²) in [5.41, 5.74) is 5.10. The Bertz CT molecular complexity index is 1260. The van der Waals surface area contributed by atoms with E-state index in [0.717, 1.165) is 34.6 Å². The van der Waals surface area contributed by atoms with E-state index in [0.29, 0.717) is 16.5 Å². The Morgan fingerprint density at radius 3 is 2.56 bits per heavy atom. The van der Waals surface area contributed by atoms with E-state index >= 15 is 0 Å². The number of nitrogens with zero attached hydrogens (tertiary/aromatic N) is 2. The first-order valence-corrected chi connectivity index (χ1v) is 12.3. The molecule has 1 aliphatic heterocycles. The van der Waals surface area contributed by atoms with Gasteiger partial charge in [0.25, 0.3) is 0 Å². The first-order chi connectivity index (χ1) is 15.2. The molecule has 3 N–H and O–H groups in total. The third kappa shape index (κ3) is 4.28. The largest absolute Gasteiger partial charge is 0.495 e. The number of nitrogens with one attached hydrogen (secondary N) is 3. The van der Waals surface area contributed by atoms with Gasteiger partial charge in [-0.15, -0.1) is 0 Å². The number of hydrogen-bond acceptors (Lipinski definition) is 5. The van der Waals surface area contributed by atoms with E-state index in [2.05, 4.69) is 26.1 Å². The van der Waals surface area contributed by atoms with Gasteiger partial charge < -0.3 is 19.9 Å². The van der Waals surface area contributed by atoms with Crippen LogP contribution in [0, 0.1) is 13.8 Å². The fourth-order valence-electron chi connectivity index (χ4n) is 4.13. The molecule has 1 fully saturated rings. The number of aromatic amines is 1. The maximum atomic E-state index is 11.9. The molecule has 32 heavy (non-hydrogen) atoms. The number of hydrogen-bond donors (Lipinski definition) is 3. The fraction of sp³-hybridized carbons (Fsp3) is 0.273. The van der Waals surface area contributed by atoms with Crippen LogP contribution in [-0.4, -0.2) is 36.9 Å². The van der Waals surface area contributed by atoms with E-state index in [4.69, 9.17) is 17.0 Å². The normalized spacial score (nSPS) is 18.5. The van der Waals surface area contributed by atoms with Gasteiger partial charge in [-0.05, 0) is 68.0 Å². The van der Waals surface area contributed by atoms with Gasteiger partial charge >= 0.3 is 0 Å². The Labute approximate surface area is 193 Å². The lowest BCUT2D eigenvalue weighted by molar-refractivity contribution is 0.417. The number of rotatable bonds is 6. The summed E-state index contributed by atoms with van der Waals surface area (Å²) in [4.78, 5) is 9.93. The van der Waals surface area contributed by atoms with Crippen molar-refractivity contribution in [1.82, 2.24) is 15.3 Å². The summed E-state index contributed by atoms with van der Waals surface area (Å²) in [6.45, 7) is 4.04. The van der Waals surface area contributed by atoms with Crippen LogP contribution < -0.4 is 19.7 Å². The number of thiocarbonyl (C=S) groups is 1. The zero-order chi connectivity index (χ0) is 23.0. The molecule has 0 saturated carbocycles. The molecule has 1 saturated heterocycles. The Morgan fingerprint density at radius 1 is 1.19 bits per heavy atom. The van der Waals surface area contributed by atoms with Crippen molar-refractivity contribution in [3.63, 3.8) is 0 Å². The lowest BCUT2D eigenvalue weighted by Crippen LogP contribution is -2.29. The lowest BCUT2D eigenvalue weighted by atomic mass is 9.96. The number of H-pyrrole nitrogens is 1. The van der Waals surface area contributed by atoms with Crippen LogP contribution in [0.3, 0.4) is 0 Å². The number of aryl methyl sites for hydroxylation is 2. The monoisotopic (exact) mass is 471 g/mol. The minimum absolute atomic E-state index is 0.189.